The number of aliphatic hydroxyl groups excluding tert-OH is 1. The van der Waals surface area contributed by atoms with Gasteiger partial charge in [0.1, 0.15) is 11.2 Å². The maximum absolute atomic E-state index is 13.8. The monoisotopic (exact) mass is 587 g/mol. The molecule has 0 spiro atoms. The van der Waals surface area contributed by atoms with E-state index in [1.807, 2.05) is 41.5 Å². The number of carbonyl (C=O) groups is 2. The zero-order valence-electron chi connectivity index (χ0n) is 26.5. The Morgan fingerprint density at radius 3 is 1.36 bits per heavy atom. The third-order valence-corrected chi connectivity index (χ3v) is 9.89. The standard InChI is InChI=1S/C33H53N3O6/c1-31(2,22-10-16-34-17-11-22)40-28(37)25-8-7-9-26(29(38)41-32(3,4)23-12-18-35-19-13-23)27(25)30(39)42-33(5,6)24-14-20-36-21-15-24/h7-9,22-24,30,34-36,39H,10-21H2,1-6H3. The van der Waals surface area contributed by atoms with E-state index in [4.69, 9.17) is 14.2 Å². The maximum Gasteiger partial charge on any atom is 0.339 e. The predicted octanol–water partition coefficient (Wildman–Crippen LogP) is 4.34. The molecule has 4 N–H and O–H groups in total. The van der Waals surface area contributed by atoms with Crippen molar-refractivity contribution in [1.29, 1.82) is 0 Å². The van der Waals surface area contributed by atoms with Gasteiger partial charge in [-0.3, -0.25) is 0 Å². The Kier molecular flexibility index (Phi) is 10.7. The molecule has 0 radical (unpaired) electrons. The lowest BCUT2D eigenvalue weighted by Crippen LogP contribution is -2.44. The SMILES string of the molecule is CC(C)(OC(=O)c1cccc(C(=O)OC(C)(C)C2CCNCC2)c1C(O)OC(C)(C)C1CCNCC1)C1CCNCC1. The first-order valence-electron chi connectivity index (χ1n) is 15.9. The van der Waals surface area contributed by atoms with Gasteiger partial charge >= 0.3 is 11.9 Å². The van der Waals surface area contributed by atoms with Crippen LogP contribution in [0.1, 0.15) is 113 Å². The zero-order valence-corrected chi connectivity index (χ0v) is 26.5. The Labute approximate surface area is 251 Å². The Bertz CT molecular complexity index is 1010. The molecule has 0 amide bonds. The van der Waals surface area contributed by atoms with Gasteiger partial charge in [0.15, 0.2) is 6.29 Å². The van der Waals surface area contributed by atoms with Crippen molar-refractivity contribution >= 4 is 11.9 Å². The first-order valence-corrected chi connectivity index (χ1v) is 15.9. The molecule has 9 heteroatoms. The molecule has 9 nitrogen and oxygen atoms in total. The molecule has 3 aliphatic heterocycles. The molecular formula is C33H53N3O6. The molecule has 3 fully saturated rings. The van der Waals surface area contributed by atoms with Gasteiger partial charge in [-0.2, -0.15) is 0 Å². The summed E-state index contributed by atoms with van der Waals surface area (Å²) in [6, 6.07) is 4.86. The van der Waals surface area contributed by atoms with Crippen LogP contribution in [-0.2, 0) is 14.2 Å². The fourth-order valence-electron chi connectivity index (χ4n) is 6.94. The highest BCUT2D eigenvalue weighted by atomic mass is 16.6. The minimum atomic E-state index is -1.52. The van der Waals surface area contributed by atoms with Gasteiger partial charge in [-0.1, -0.05) is 6.07 Å². The van der Waals surface area contributed by atoms with Gasteiger partial charge in [0, 0.05) is 17.4 Å². The second kappa shape index (κ2) is 13.7. The summed E-state index contributed by atoms with van der Waals surface area (Å²) in [4.78, 5) is 27.7. The second-order valence-electron chi connectivity index (χ2n) is 13.9. The first kappa shape index (κ1) is 32.9. The van der Waals surface area contributed by atoms with Crippen LogP contribution in [0.25, 0.3) is 0 Å². The van der Waals surface area contributed by atoms with Crippen LogP contribution in [0.2, 0.25) is 0 Å². The number of carbonyl (C=O) groups excluding carboxylic acids is 2. The summed E-state index contributed by atoms with van der Waals surface area (Å²) in [5.41, 5.74) is -1.77. The molecule has 42 heavy (non-hydrogen) atoms. The van der Waals surface area contributed by atoms with Crippen LogP contribution in [0.4, 0.5) is 0 Å². The lowest BCUT2D eigenvalue weighted by Gasteiger charge is -2.39. The minimum Gasteiger partial charge on any atom is -0.456 e. The highest BCUT2D eigenvalue weighted by molar-refractivity contribution is 5.98. The molecule has 0 aromatic heterocycles. The van der Waals surface area contributed by atoms with Crippen LogP contribution < -0.4 is 16.0 Å². The fourth-order valence-corrected chi connectivity index (χ4v) is 6.94. The van der Waals surface area contributed by atoms with Gasteiger partial charge in [0.2, 0.25) is 0 Å². The Morgan fingerprint density at radius 2 is 1.00 bits per heavy atom. The zero-order chi connectivity index (χ0) is 30.5. The van der Waals surface area contributed by atoms with Crippen molar-refractivity contribution < 1.29 is 28.9 Å². The number of ether oxygens (including phenoxy) is 3. The summed E-state index contributed by atoms with van der Waals surface area (Å²) in [5.74, 6) is -0.554. The van der Waals surface area contributed by atoms with E-state index in [0.717, 1.165) is 77.8 Å². The summed E-state index contributed by atoms with van der Waals surface area (Å²) >= 11 is 0. The third kappa shape index (κ3) is 7.91. The molecule has 0 aliphatic carbocycles. The van der Waals surface area contributed by atoms with E-state index in [-0.39, 0.29) is 34.4 Å². The molecular weight excluding hydrogens is 534 g/mol. The van der Waals surface area contributed by atoms with Crippen molar-refractivity contribution in [3.05, 3.63) is 34.9 Å². The highest BCUT2D eigenvalue weighted by Gasteiger charge is 2.40. The summed E-state index contributed by atoms with van der Waals surface area (Å²) in [7, 11) is 0. The minimum absolute atomic E-state index is 0.108. The lowest BCUT2D eigenvalue weighted by molar-refractivity contribution is -0.199. The van der Waals surface area contributed by atoms with Crippen molar-refractivity contribution in [3.8, 4) is 0 Å². The molecule has 236 valence electrons. The number of aliphatic hydroxyl groups is 1. The van der Waals surface area contributed by atoms with E-state index in [1.165, 1.54) is 0 Å². The van der Waals surface area contributed by atoms with E-state index in [2.05, 4.69) is 16.0 Å². The second-order valence-corrected chi connectivity index (χ2v) is 13.9. The van der Waals surface area contributed by atoms with Crippen LogP contribution in [0.15, 0.2) is 18.2 Å². The van der Waals surface area contributed by atoms with Gasteiger partial charge in [-0.15, -0.1) is 0 Å². The summed E-state index contributed by atoms with van der Waals surface area (Å²) in [6.07, 6.45) is 3.91. The van der Waals surface area contributed by atoms with E-state index in [9.17, 15) is 14.7 Å². The summed E-state index contributed by atoms with van der Waals surface area (Å²) in [5, 5.41) is 21.8. The van der Waals surface area contributed by atoms with Crippen LogP contribution in [0.3, 0.4) is 0 Å². The van der Waals surface area contributed by atoms with Crippen molar-refractivity contribution in [3.63, 3.8) is 0 Å². The lowest BCUT2D eigenvalue weighted by atomic mass is 9.83. The number of piperidine rings is 3. The average Bonchev–Trinajstić information content (AvgIpc) is 2.97. The third-order valence-electron chi connectivity index (χ3n) is 9.89. The maximum atomic E-state index is 13.8. The smallest absolute Gasteiger partial charge is 0.339 e. The molecule has 1 aromatic carbocycles. The van der Waals surface area contributed by atoms with Crippen LogP contribution >= 0.6 is 0 Å². The Hall–Kier alpha value is -2.04. The molecule has 0 bridgehead atoms. The van der Waals surface area contributed by atoms with E-state index >= 15 is 0 Å². The van der Waals surface area contributed by atoms with Crippen LogP contribution in [-0.4, -0.2) is 73.1 Å². The van der Waals surface area contributed by atoms with Crippen LogP contribution in [0.5, 0.6) is 0 Å². The van der Waals surface area contributed by atoms with E-state index in [0.29, 0.717) is 0 Å². The highest BCUT2D eigenvalue weighted by Crippen LogP contribution is 2.38. The molecule has 1 atom stereocenters. The van der Waals surface area contributed by atoms with Crippen molar-refractivity contribution in [2.24, 2.45) is 17.8 Å². The van der Waals surface area contributed by atoms with Crippen LogP contribution in [0, 0.1) is 17.8 Å². The number of rotatable bonds is 10. The number of benzene rings is 1. The van der Waals surface area contributed by atoms with Gasteiger partial charge in [-0.05, 0) is 137 Å². The molecule has 4 rings (SSSR count). The number of esters is 2. The van der Waals surface area contributed by atoms with Gasteiger partial charge < -0.3 is 35.3 Å². The molecule has 1 aromatic rings. The topological polar surface area (TPSA) is 118 Å². The number of nitrogens with one attached hydrogen (secondary N) is 3. The summed E-state index contributed by atoms with van der Waals surface area (Å²) in [6.45, 7) is 17.0. The largest absolute Gasteiger partial charge is 0.456 e. The number of hydrogen-bond donors (Lipinski definition) is 4. The fraction of sp³-hybridized carbons (Fsp3) is 0.758. The molecule has 3 heterocycles. The quantitative estimate of drug-likeness (QED) is 0.234. The van der Waals surface area contributed by atoms with Crippen molar-refractivity contribution in [2.45, 2.75) is 103 Å². The summed E-state index contributed by atoms with van der Waals surface area (Å²) < 4.78 is 18.6. The van der Waals surface area contributed by atoms with E-state index in [1.54, 1.807) is 18.2 Å². The first-order chi connectivity index (χ1) is 19.8. The Balaban J connectivity index is 1.65. The van der Waals surface area contributed by atoms with Crippen molar-refractivity contribution in [1.82, 2.24) is 16.0 Å². The molecule has 1 unspecified atom stereocenters. The van der Waals surface area contributed by atoms with Gasteiger partial charge in [0.05, 0.1) is 16.7 Å². The normalized spacial score (nSPS) is 21.1. The molecule has 3 saturated heterocycles. The predicted molar refractivity (Wildman–Crippen MR) is 162 cm³/mol. The van der Waals surface area contributed by atoms with Gasteiger partial charge in [-0.25, -0.2) is 9.59 Å². The average molecular weight is 588 g/mol. The van der Waals surface area contributed by atoms with Crippen molar-refractivity contribution in [2.75, 3.05) is 39.3 Å². The molecule has 0 saturated carbocycles. The molecule has 3 aliphatic rings. The van der Waals surface area contributed by atoms with Gasteiger partial charge in [0.25, 0.3) is 0 Å². The number of hydrogen-bond acceptors (Lipinski definition) is 9. The van der Waals surface area contributed by atoms with E-state index < -0.39 is 35.0 Å². The Morgan fingerprint density at radius 1 is 0.667 bits per heavy atom.